The molecule has 0 aliphatic heterocycles. The van der Waals surface area contributed by atoms with Crippen LogP contribution in [-0.4, -0.2) is 25.0 Å². The van der Waals surface area contributed by atoms with Gasteiger partial charge in [0.1, 0.15) is 5.75 Å². The molecule has 0 radical (unpaired) electrons. The Morgan fingerprint density at radius 3 is 1.38 bits per heavy atom. The zero-order valence-electron chi connectivity index (χ0n) is 30.7. The first kappa shape index (κ1) is 40.8. The molecule has 10 heteroatoms. The lowest BCUT2D eigenvalue weighted by atomic mass is 10.0. The predicted octanol–water partition coefficient (Wildman–Crippen LogP) is 11.2. The summed E-state index contributed by atoms with van der Waals surface area (Å²) in [7, 11) is -3.45. The summed E-state index contributed by atoms with van der Waals surface area (Å²) in [6.07, 6.45) is 18.3. The Morgan fingerprint density at radius 1 is 0.580 bits per heavy atom. The van der Waals surface area contributed by atoms with E-state index in [1.807, 2.05) is 45.0 Å². The molecule has 0 spiro atoms. The fraction of sp³-hybridized carbons (Fsp3) is 0.550. The summed E-state index contributed by atoms with van der Waals surface area (Å²) in [6, 6.07) is 20.7. The van der Waals surface area contributed by atoms with E-state index in [4.69, 9.17) is 13.6 Å². The first-order valence-electron chi connectivity index (χ1n) is 18.5. The Bertz CT molecular complexity index is 1380. The molecule has 0 N–H and O–H groups in total. The van der Waals surface area contributed by atoms with E-state index in [-0.39, 0.29) is 24.6 Å². The maximum Gasteiger partial charge on any atom is 0.378 e. The van der Waals surface area contributed by atoms with Crippen molar-refractivity contribution in [1.29, 1.82) is 0 Å². The smallest absolute Gasteiger partial charge is 0.378 e. The third-order valence-corrected chi connectivity index (χ3v) is 13.4. The van der Waals surface area contributed by atoms with Gasteiger partial charge in [-0.2, -0.15) is 0 Å². The number of unbranched alkanes of at least 4 members (excludes halogenated alkanes) is 13. The summed E-state index contributed by atoms with van der Waals surface area (Å²) in [5, 5.41) is 23.8. The molecule has 0 atom stereocenters. The lowest BCUT2D eigenvalue weighted by Crippen LogP contribution is -2.60. The van der Waals surface area contributed by atoms with Gasteiger partial charge in [-0.1, -0.05) is 148 Å². The summed E-state index contributed by atoms with van der Waals surface area (Å²) in [6.45, 7) is 8.85. The zero-order valence-corrected chi connectivity index (χ0v) is 31.7. The molecule has 0 saturated carbocycles. The fourth-order valence-electron chi connectivity index (χ4n) is 6.31. The highest BCUT2D eigenvalue weighted by Crippen LogP contribution is 2.40. The number of nitro groups is 2. The Balaban J connectivity index is 1.60. The molecule has 0 saturated heterocycles. The lowest BCUT2D eigenvalue weighted by Gasteiger charge is -2.41. The fourth-order valence-corrected chi connectivity index (χ4v) is 9.78. The third kappa shape index (κ3) is 12.9. The first-order valence-corrected chi connectivity index (χ1v) is 20.4. The van der Waals surface area contributed by atoms with Gasteiger partial charge >= 0.3 is 8.56 Å². The minimum Gasteiger partial charge on any atom is -0.494 e. The summed E-state index contributed by atoms with van der Waals surface area (Å²) < 4.78 is 19.5. The van der Waals surface area contributed by atoms with Gasteiger partial charge in [-0.3, -0.25) is 20.2 Å². The molecule has 0 bridgehead atoms. The minimum absolute atomic E-state index is 0.0322. The summed E-state index contributed by atoms with van der Waals surface area (Å²) in [5.74, 6) is 0.748. The standard InChI is InChI=1S/C40H58N2O7Si/c1-5-6-7-8-9-10-11-12-13-14-15-16-17-22-31-47-36-27-29-37(30-28-36)50(40(2,3)4,48-32-34-23-18-20-25-38(34)41(43)44)49-33-35-24-19-21-26-39(35)42(45)46/h18-21,23-30H,5-17,22,31-33H2,1-4H3. The number of nitrogens with zero attached hydrogens (tertiary/aromatic N) is 2. The number of hydrogen-bond acceptors (Lipinski definition) is 7. The average molecular weight is 707 g/mol. The molecule has 0 amide bonds. The van der Waals surface area contributed by atoms with Crippen LogP contribution >= 0.6 is 0 Å². The highest BCUT2D eigenvalue weighted by molar-refractivity contribution is 6.83. The minimum atomic E-state index is -3.45. The molecule has 0 fully saturated rings. The maximum absolute atomic E-state index is 11.8. The highest BCUT2D eigenvalue weighted by Gasteiger charge is 2.52. The second-order valence-electron chi connectivity index (χ2n) is 14.2. The topological polar surface area (TPSA) is 114 Å². The number of benzene rings is 3. The van der Waals surface area contributed by atoms with Gasteiger partial charge < -0.3 is 13.6 Å². The second-order valence-corrected chi connectivity index (χ2v) is 18.1. The molecule has 274 valence electrons. The van der Waals surface area contributed by atoms with Crippen molar-refractivity contribution < 1.29 is 23.4 Å². The van der Waals surface area contributed by atoms with E-state index in [9.17, 15) is 20.2 Å². The van der Waals surface area contributed by atoms with E-state index in [1.165, 1.54) is 89.2 Å². The van der Waals surface area contributed by atoms with Crippen LogP contribution in [0.4, 0.5) is 11.4 Å². The van der Waals surface area contributed by atoms with Crippen LogP contribution < -0.4 is 9.92 Å². The Labute approximate surface area is 300 Å². The van der Waals surface area contributed by atoms with Crippen molar-refractivity contribution >= 4 is 25.1 Å². The molecular weight excluding hydrogens is 649 g/mol. The normalized spacial score (nSPS) is 11.8. The monoisotopic (exact) mass is 706 g/mol. The van der Waals surface area contributed by atoms with Crippen LogP contribution in [0.1, 0.15) is 129 Å². The van der Waals surface area contributed by atoms with Gasteiger partial charge in [-0.05, 0) is 35.9 Å². The van der Waals surface area contributed by atoms with Gasteiger partial charge in [0.15, 0.2) is 0 Å². The van der Waals surface area contributed by atoms with Gasteiger partial charge in [0, 0.05) is 17.2 Å². The van der Waals surface area contributed by atoms with Crippen LogP contribution in [0.5, 0.6) is 5.75 Å². The summed E-state index contributed by atoms with van der Waals surface area (Å²) in [4.78, 5) is 22.7. The number of hydrogen-bond donors (Lipinski definition) is 0. The molecule has 0 heterocycles. The van der Waals surface area contributed by atoms with Crippen LogP contribution in [0.2, 0.25) is 5.04 Å². The molecule has 3 aromatic carbocycles. The van der Waals surface area contributed by atoms with Crippen molar-refractivity contribution in [2.45, 2.75) is 136 Å². The van der Waals surface area contributed by atoms with Crippen LogP contribution in [0.15, 0.2) is 72.8 Å². The van der Waals surface area contributed by atoms with E-state index in [0.717, 1.165) is 23.8 Å². The molecule has 3 rings (SSSR count). The molecule has 3 aromatic rings. The number of nitro benzene ring substituents is 2. The molecule has 0 aliphatic rings. The van der Waals surface area contributed by atoms with E-state index in [1.54, 1.807) is 36.4 Å². The van der Waals surface area contributed by atoms with E-state index in [2.05, 4.69) is 6.92 Å². The van der Waals surface area contributed by atoms with Crippen molar-refractivity contribution in [2.24, 2.45) is 0 Å². The van der Waals surface area contributed by atoms with Crippen LogP contribution in [0.3, 0.4) is 0 Å². The Kier molecular flexibility index (Phi) is 17.6. The highest BCUT2D eigenvalue weighted by atomic mass is 28.4. The van der Waals surface area contributed by atoms with Gasteiger partial charge in [0.05, 0.1) is 40.8 Å². The van der Waals surface area contributed by atoms with Crippen molar-refractivity contribution in [2.75, 3.05) is 6.61 Å². The maximum atomic E-state index is 11.8. The van der Waals surface area contributed by atoms with Gasteiger partial charge in [-0.15, -0.1) is 0 Å². The van der Waals surface area contributed by atoms with Crippen molar-refractivity contribution in [1.82, 2.24) is 0 Å². The average Bonchev–Trinajstić information content (AvgIpc) is 3.10. The summed E-state index contributed by atoms with van der Waals surface area (Å²) >= 11 is 0. The number of ether oxygens (including phenoxy) is 1. The van der Waals surface area contributed by atoms with E-state index >= 15 is 0 Å². The van der Waals surface area contributed by atoms with Crippen molar-refractivity contribution in [3.05, 3.63) is 104 Å². The SMILES string of the molecule is CCCCCCCCCCCCCCCCOc1ccc([Si](OCc2ccccc2[N+](=O)[O-])(OCc2ccccc2[N+](=O)[O-])C(C)(C)C)cc1. The molecule has 0 aliphatic carbocycles. The van der Waals surface area contributed by atoms with E-state index < -0.39 is 23.4 Å². The van der Waals surface area contributed by atoms with Gasteiger partial charge in [0.25, 0.3) is 11.4 Å². The third-order valence-electron chi connectivity index (χ3n) is 9.23. The first-order chi connectivity index (χ1) is 24.1. The quantitative estimate of drug-likeness (QED) is 0.0373. The van der Waals surface area contributed by atoms with Crippen molar-refractivity contribution in [3.63, 3.8) is 0 Å². The molecule has 0 unspecified atom stereocenters. The number of rotatable bonds is 25. The lowest BCUT2D eigenvalue weighted by molar-refractivity contribution is -0.385. The number of para-hydroxylation sites is 2. The zero-order chi connectivity index (χ0) is 36.2. The Hall–Kier alpha value is -3.60. The van der Waals surface area contributed by atoms with Crippen molar-refractivity contribution in [3.8, 4) is 5.75 Å². The van der Waals surface area contributed by atoms with Crippen LogP contribution in [-0.2, 0) is 22.1 Å². The van der Waals surface area contributed by atoms with Crippen LogP contribution in [0, 0.1) is 20.2 Å². The van der Waals surface area contributed by atoms with Gasteiger partial charge in [0.2, 0.25) is 0 Å². The molecule has 0 aromatic heterocycles. The molecule has 9 nitrogen and oxygen atoms in total. The Morgan fingerprint density at radius 2 is 0.980 bits per heavy atom. The summed E-state index contributed by atoms with van der Waals surface area (Å²) in [5.41, 5.74) is 0.799. The van der Waals surface area contributed by atoms with E-state index in [0.29, 0.717) is 17.7 Å². The molecular formula is C40H58N2O7Si. The van der Waals surface area contributed by atoms with Gasteiger partial charge in [-0.25, -0.2) is 0 Å². The molecule has 50 heavy (non-hydrogen) atoms. The predicted molar refractivity (Wildman–Crippen MR) is 203 cm³/mol. The van der Waals surface area contributed by atoms with Crippen LogP contribution in [0.25, 0.3) is 0 Å². The second kappa shape index (κ2) is 21.6. The largest absolute Gasteiger partial charge is 0.494 e.